The second kappa shape index (κ2) is 5.72. The lowest BCUT2D eigenvalue weighted by Crippen LogP contribution is -2.05. The van der Waals surface area contributed by atoms with Crippen molar-refractivity contribution in [3.63, 3.8) is 0 Å². The van der Waals surface area contributed by atoms with Crippen LogP contribution in [0.3, 0.4) is 0 Å². The van der Waals surface area contributed by atoms with Gasteiger partial charge < -0.3 is 4.74 Å². The Balaban J connectivity index is 1.97. The molecule has 0 aromatic carbocycles. The van der Waals surface area contributed by atoms with Crippen molar-refractivity contribution in [2.24, 2.45) is 0 Å². The van der Waals surface area contributed by atoms with Gasteiger partial charge in [0.15, 0.2) is 0 Å². The molecule has 0 N–H and O–H groups in total. The number of hydrogen-bond acceptors (Lipinski definition) is 5. The van der Waals surface area contributed by atoms with E-state index in [1.165, 1.54) is 18.3 Å². The minimum absolute atomic E-state index is 0.0402. The van der Waals surface area contributed by atoms with E-state index in [0.717, 1.165) is 5.69 Å². The summed E-state index contributed by atoms with van der Waals surface area (Å²) in [6.45, 7) is 0.300. The smallest absolute Gasteiger partial charge is 0.330 e. The monoisotopic (exact) mass is 245 g/mol. The highest BCUT2D eigenvalue weighted by molar-refractivity contribution is 5.39. The highest BCUT2D eigenvalue weighted by Crippen LogP contribution is 2.22. The molecule has 0 aliphatic heterocycles. The van der Waals surface area contributed by atoms with Crippen LogP contribution < -0.4 is 4.74 Å². The fourth-order valence-corrected chi connectivity index (χ4v) is 1.43. The van der Waals surface area contributed by atoms with Gasteiger partial charge in [-0.3, -0.25) is 15.1 Å². The Morgan fingerprint density at radius 3 is 2.72 bits per heavy atom. The van der Waals surface area contributed by atoms with E-state index in [1.807, 2.05) is 18.2 Å². The summed E-state index contributed by atoms with van der Waals surface area (Å²) in [5, 5.41) is 10.7. The fraction of sp³-hybridized carbons (Fsp3) is 0.167. The minimum Gasteiger partial charge on any atom is -0.472 e. The average molecular weight is 245 g/mol. The third kappa shape index (κ3) is 3.00. The van der Waals surface area contributed by atoms with Crippen LogP contribution >= 0.6 is 0 Å². The molecule has 0 amide bonds. The first-order valence-electron chi connectivity index (χ1n) is 5.39. The van der Waals surface area contributed by atoms with Crippen LogP contribution in [0, 0.1) is 10.1 Å². The lowest BCUT2D eigenvalue weighted by atomic mass is 10.3. The van der Waals surface area contributed by atoms with E-state index in [-0.39, 0.29) is 11.6 Å². The second-order valence-corrected chi connectivity index (χ2v) is 3.50. The van der Waals surface area contributed by atoms with Gasteiger partial charge in [-0.15, -0.1) is 0 Å². The molecule has 18 heavy (non-hydrogen) atoms. The molecule has 0 fully saturated rings. The molecule has 2 aromatic heterocycles. The maximum atomic E-state index is 10.7. The predicted octanol–water partition coefficient (Wildman–Crippen LogP) is 2.01. The molecular formula is C12H11N3O3. The van der Waals surface area contributed by atoms with Gasteiger partial charge in [-0.2, -0.15) is 0 Å². The van der Waals surface area contributed by atoms with Crippen molar-refractivity contribution in [1.82, 2.24) is 9.97 Å². The molecule has 2 rings (SSSR count). The summed E-state index contributed by atoms with van der Waals surface area (Å²) < 4.78 is 5.31. The number of hydrogen-bond donors (Lipinski definition) is 0. The normalized spacial score (nSPS) is 10.0. The van der Waals surface area contributed by atoms with Gasteiger partial charge in [0, 0.05) is 30.6 Å². The van der Waals surface area contributed by atoms with Gasteiger partial charge in [-0.1, -0.05) is 6.07 Å². The number of pyridine rings is 2. The van der Waals surface area contributed by atoms with E-state index in [9.17, 15) is 10.1 Å². The molecule has 0 saturated carbocycles. The van der Waals surface area contributed by atoms with Crippen LogP contribution in [0.25, 0.3) is 0 Å². The van der Waals surface area contributed by atoms with Crippen LogP contribution in [0.2, 0.25) is 0 Å². The molecule has 6 nitrogen and oxygen atoms in total. The Kier molecular flexibility index (Phi) is 3.80. The predicted molar refractivity (Wildman–Crippen MR) is 64.3 cm³/mol. The standard InChI is InChI=1S/C12H11N3O3/c16-15(17)11-5-3-8-14-12(11)18-9-6-10-4-1-2-7-13-10/h1-5,7-8H,6,9H2. The third-order valence-corrected chi connectivity index (χ3v) is 2.27. The van der Waals surface area contributed by atoms with Crippen LogP contribution in [-0.2, 0) is 6.42 Å². The number of ether oxygens (including phenoxy) is 1. The highest BCUT2D eigenvalue weighted by atomic mass is 16.6. The van der Waals surface area contributed by atoms with E-state index < -0.39 is 4.92 Å². The molecule has 2 heterocycles. The van der Waals surface area contributed by atoms with Crippen molar-refractivity contribution in [3.05, 3.63) is 58.5 Å². The van der Waals surface area contributed by atoms with Crippen LogP contribution in [0.1, 0.15) is 5.69 Å². The van der Waals surface area contributed by atoms with Gasteiger partial charge in [0.1, 0.15) is 0 Å². The Morgan fingerprint density at radius 2 is 2.00 bits per heavy atom. The number of aromatic nitrogens is 2. The maximum Gasteiger partial charge on any atom is 0.330 e. The average Bonchev–Trinajstić information content (AvgIpc) is 2.40. The lowest BCUT2D eigenvalue weighted by molar-refractivity contribution is -0.386. The highest BCUT2D eigenvalue weighted by Gasteiger charge is 2.15. The number of nitrogens with zero attached hydrogens (tertiary/aromatic N) is 3. The van der Waals surface area contributed by atoms with Crippen molar-refractivity contribution in [2.45, 2.75) is 6.42 Å². The summed E-state index contributed by atoms with van der Waals surface area (Å²) in [6.07, 6.45) is 3.73. The van der Waals surface area contributed by atoms with Gasteiger partial charge in [0.25, 0.3) is 5.88 Å². The summed E-state index contributed by atoms with van der Waals surface area (Å²) >= 11 is 0. The maximum absolute atomic E-state index is 10.7. The Labute approximate surface area is 103 Å². The van der Waals surface area contributed by atoms with E-state index in [2.05, 4.69) is 9.97 Å². The largest absolute Gasteiger partial charge is 0.472 e. The third-order valence-electron chi connectivity index (χ3n) is 2.27. The molecule has 0 aliphatic carbocycles. The summed E-state index contributed by atoms with van der Waals surface area (Å²) in [5.74, 6) is 0.0402. The molecule has 0 radical (unpaired) electrons. The van der Waals surface area contributed by atoms with Crippen LogP contribution in [0.5, 0.6) is 5.88 Å². The molecule has 6 heteroatoms. The number of nitro groups is 1. The lowest BCUT2D eigenvalue weighted by Gasteiger charge is -2.04. The van der Waals surface area contributed by atoms with Crippen molar-refractivity contribution >= 4 is 5.69 Å². The summed E-state index contributed by atoms with van der Waals surface area (Å²) in [7, 11) is 0. The fourth-order valence-electron chi connectivity index (χ4n) is 1.43. The molecule has 0 aliphatic rings. The molecule has 0 unspecified atom stereocenters. The molecule has 0 bridgehead atoms. The molecule has 92 valence electrons. The Morgan fingerprint density at radius 1 is 1.17 bits per heavy atom. The SMILES string of the molecule is O=[N+]([O-])c1cccnc1OCCc1ccccn1. The van der Waals surface area contributed by atoms with Crippen molar-refractivity contribution < 1.29 is 9.66 Å². The zero-order valence-electron chi connectivity index (χ0n) is 9.52. The van der Waals surface area contributed by atoms with E-state index >= 15 is 0 Å². The minimum atomic E-state index is -0.511. The topological polar surface area (TPSA) is 78.2 Å². The van der Waals surface area contributed by atoms with Crippen molar-refractivity contribution in [1.29, 1.82) is 0 Å². The van der Waals surface area contributed by atoms with Crippen LogP contribution in [0.15, 0.2) is 42.7 Å². The van der Waals surface area contributed by atoms with Gasteiger partial charge in [-0.25, -0.2) is 4.98 Å². The molecule has 0 saturated heterocycles. The quantitative estimate of drug-likeness (QED) is 0.594. The van der Waals surface area contributed by atoms with Gasteiger partial charge in [0.05, 0.1) is 11.5 Å². The summed E-state index contributed by atoms with van der Waals surface area (Å²) in [6, 6.07) is 8.45. The van der Waals surface area contributed by atoms with Gasteiger partial charge in [0.2, 0.25) is 0 Å². The summed E-state index contributed by atoms with van der Waals surface area (Å²) in [5.41, 5.74) is 0.745. The first kappa shape index (κ1) is 12.0. The first-order chi connectivity index (χ1) is 8.77. The Hall–Kier alpha value is -2.50. The second-order valence-electron chi connectivity index (χ2n) is 3.50. The van der Waals surface area contributed by atoms with E-state index in [0.29, 0.717) is 13.0 Å². The molecule has 2 aromatic rings. The summed E-state index contributed by atoms with van der Waals surface area (Å²) in [4.78, 5) is 18.2. The van der Waals surface area contributed by atoms with E-state index in [1.54, 1.807) is 6.20 Å². The zero-order valence-corrected chi connectivity index (χ0v) is 9.52. The van der Waals surface area contributed by atoms with Gasteiger partial charge >= 0.3 is 5.69 Å². The number of rotatable bonds is 5. The van der Waals surface area contributed by atoms with Crippen LogP contribution in [-0.4, -0.2) is 21.5 Å². The molecule has 0 spiro atoms. The van der Waals surface area contributed by atoms with Gasteiger partial charge in [-0.05, 0) is 18.2 Å². The van der Waals surface area contributed by atoms with Crippen LogP contribution in [0.4, 0.5) is 5.69 Å². The first-order valence-corrected chi connectivity index (χ1v) is 5.39. The van der Waals surface area contributed by atoms with Crippen molar-refractivity contribution in [2.75, 3.05) is 6.61 Å². The molecule has 0 atom stereocenters. The molecular weight excluding hydrogens is 234 g/mol. The van der Waals surface area contributed by atoms with E-state index in [4.69, 9.17) is 4.74 Å². The Bertz CT molecular complexity index is 531. The zero-order chi connectivity index (χ0) is 12.8. The van der Waals surface area contributed by atoms with Crippen molar-refractivity contribution in [3.8, 4) is 5.88 Å².